The summed E-state index contributed by atoms with van der Waals surface area (Å²) in [5.74, 6) is -3.26. The topological polar surface area (TPSA) is 123 Å². The Bertz CT molecular complexity index is 745. The second-order valence-corrected chi connectivity index (χ2v) is 4.14. The minimum Gasteiger partial charge on any atom is -0.545 e. The molecule has 2 aromatic carbocycles. The molecule has 0 aliphatic rings. The molecular weight excluding hydrogens is 324 g/mol. The molecule has 0 unspecified atom stereocenters. The van der Waals surface area contributed by atoms with Crippen LogP contribution in [-0.2, 0) is 0 Å². The van der Waals surface area contributed by atoms with Crippen LogP contribution in [0.5, 0.6) is 0 Å². The minimum absolute atomic E-state index is 0. The number of carbonyl (C=O) groups excluding carboxylic acids is 2. The van der Waals surface area contributed by atoms with Crippen LogP contribution in [0.25, 0.3) is 11.1 Å². The molecule has 0 aromatic heterocycles. The first kappa shape index (κ1) is 21.8. The van der Waals surface area contributed by atoms with Gasteiger partial charge in [-0.3, -0.25) is 10.1 Å². The number of nitrogens with zero attached hydrogens (tertiary/aromatic N) is 1. The normalized spacial score (nSPS) is 9.22. The number of nitro groups is 1. The molecule has 0 N–H and O–H groups in total. The average Bonchev–Trinajstić information content (AvgIpc) is 2.46. The maximum atomic E-state index is 11.0. The summed E-state index contributed by atoms with van der Waals surface area (Å²) in [6.45, 7) is 0. The van der Waals surface area contributed by atoms with Gasteiger partial charge in [-0.05, 0) is 29.3 Å². The number of non-ortho nitro benzene ring substituents is 1. The fourth-order valence-electron chi connectivity index (χ4n) is 1.85. The second kappa shape index (κ2) is 9.17. The van der Waals surface area contributed by atoms with Crippen LogP contribution >= 0.6 is 0 Å². The van der Waals surface area contributed by atoms with Crippen LogP contribution in [0.15, 0.2) is 42.5 Å². The third kappa shape index (κ3) is 5.13. The van der Waals surface area contributed by atoms with Gasteiger partial charge in [-0.25, -0.2) is 0 Å². The molecule has 0 fully saturated rings. The summed E-state index contributed by atoms with van der Waals surface area (Å²) in [6, 6.07) is 9.01. The van der Waals surface area contributed by atoms with Gasteiger partial charge < -0.3 is 19.8 Å². The van der Waals surface area contributed by atoms with E-state index in [9.17, 15) is 29.9 Å². The van der Waals surface area contributed by atoms with Crippen molar-refractivity contribution in [1.82, 2.24) is 0 Å². The quantitative estimate of drug-likeness (QED) is 0.312. The number of nitro benzene ring substituents is 1. The van der Waals surface area contributed by atoms with Crippen molar-refractivity contribution >= 4 is 17.6 Å². The van der Waals surface area contributed by atoms with E-state index >= 15 is 0 Å². The summed E-state index contributed by atoms with van der Waals surface area (Å²) in [7, 11) is 0. The molecule has 0 saturated carbocycles. The van der Waals surface area contributed by atoms with Crippen LogP contribution in [0.4, 0.5) is 5.69 Å². The van der Waals surface area contributed by atoms with Crippen molar-refractivity contribution in [3.8, 4) is 11.1 Å². The fourth-order valence-corrected chi connectivity index (χ4v) is 1.85. The predicted octanol–water partition coefficient (Wildman–Crippen LogP) is -6.00. The van der Waals surface area contributed by atoms with Gasteiger partial charge in [0.15, 0.2) is 0 Å². The molecular formula is C14H7NNa2O6. The summed E-state index contributed by atoms with van der Waals surface area (Å²) >= 11 is 0. The Balaban J connectivity index is 0.00000242. The van der Waals surface area contributed by atoms with Crippen LogP contribution in [0.3, 0.4) is 0 Å². The molecule has 106 valence electrons. The van der Waals surface area contributed by atoms with Crippen LogP contribution in [-0.4, -0.2) is 16.9 Å². The molecule has 9 heteroatoms. The van der Waals surface area contributed by atoms with Crippen molar-refractivity contribution in [3.63, 3.8) is 0 Å². The van der Waals surface area contributed by atoms with Crippen LogP contribution < -0.4 is 69.3 Å². The summed E-state index contributed by atoms with van der Waals surface area (Å²) in [5, 5.41) is 32.3. The Morgan fingerprint density at radius 2 is 1.26 bits per heavy atom. The number of carboxylic acid groups (broad SMARTS) is 2. The molecule has 2 aromatic rings. The van der Waals surface area contributed by atoms with Crippen LogP contribution in [0.2, 0.25) is 0 Å². The predicted molar refractivity (Wildman–Crippen MR) is 67.2 cm³/mol. The smallest absolute Gasteiger partial charge is 0.545 e. The van der Waals surface area contributed by atoms with E-state index in [0.29, 0.717) is 11.1 Å². The molecule has 0 aliphatic carbocycles. The van der Waals surface area contributed by atoms with Gasteiger partial charge in [-0.15, -0.1) is 0 Å². The molecule has 0 radical (unpaired) electrons. The first-order valence-corrected chi connectivity index (χ1v) is 5.71. The van der Waals surface area contributed by atoms with Crippen molar-refractivity contribution in [1.29, 1.82) is 0 Å². The van der Waals surface area contributed by atoms with E-state index in [0.717, 1.165) is 12.1 Å². The molecule has 0 spiro atoms. The van der Waals surface area contributed by atoms with E-state index < -0.39 is 28.0 Å². The summed E-state index contributed by atoms with van der Waals surface area (Å²) in [4.78, 5) is 31.8. The standard InChI is InChI=1S/C14H9NO6.2Na/c16-13(17)11-6-3-9(7-12(11)14(18)19)8-1-4-10(5-2-8)15(20)21;;/h1-7H,(H,16,17)(H,18,19);;/q;2*+1/p-2. The van der Waals surface area contributed by atoms with E-state index in [1.807, 2.05) is 0 Å². The Hall–Kier alpha value is -1.22. The minimum atomic E-state index is -1.64. The van der Waals surface area contributed by atoms with E-state index in [1.165, 1.54) is 30.3 Å². The van der Waals surface area contributed by atoms with Crippen molar-refractivity contribution in [3.05, 3.63) is 63.7 Å². The molecule has 2 rings (SSSR count). The first-order chi connectivity index (χ1) is 9.90. The number of carbonyl (C=O) groups is 2. The van der Waals surface area contributed by atoms with E-state index in [-0.39, 0.29) is 64.8 Å². The zero-order valence-corrected chi connectivity index (χ0v) is 16.4. The number of carboxylic acids is 2. The van der Waals surface area contributed by atoms with Crippen LogP contribution in [0, 0.1) is 10.1 Å². The van der Waals surface area contributed by atoms with Crippen molar-refractivity contribution in [2.45, 2.75) is 0 Å². The second-order valence-electron chi connectivity index (χ2n) is 4.14. The monoisotopic (exact) mass is 331 g/mol. The molecule has 0 aliphatic heterocycles. The van der Waals surface area contributed by atoms with Gasteiger partial charge in [0.25, 0.3) is 5.69 Å². The maximum absolute atomic E-state index is 11.0. The summed E-state index contributed by atoms with van der Waals surface area (Å²) in [6.07, 6.45) is 0. The third-order valence-electron chi connectivity index (χ3n) is 2.87. The Labute approximate surface area is 175 Å². The Kier molecular flexibility index (Phi) is 8.68. The number of benzene rings is 2. The molecule has 7 nitrogen and oxygen atoms in total. The fraction of sp³-hybridized carbons (Fsp3) is 0. The molecule has 0 heterocycles. The number of hydrogen-bond acceptors (Lipinski definition) is 6. The summed E-state index contributed by atoms with van der Waals surface area (Å²) in [5.41, 5.74) is -0.196. The van der Waals surface area contributed by atoms with E-state index in [1.54, 1.807) is 0 Å². The van der Waals surface area contributed by atoms with Crippen molar-refractivity contribution < 1.29 is 83.8 Å². The molecule has 0 atom stereocenters. The first-order valence-electron chi connectivity index (χ1n) is 5.71. The van der Waals surface area contributed by atoms with E-state index in [4.69, 9.17) is 0 Å². The van der Waals surface area contributed by atoms with Gasteiger partial charge in [0.1, 0.15) is 0 Å². The average molecular weight is 331 g/mol. The number of hydrogen-bond donors (Lipinski definition) is 0. The zero-order chi connectivity index (χ0) is 15.6. The maximum Gasteiger partial charge on any atom is 1.00 e. The SMILES string of the molecule is O=C([O-])c1ccc(-c2ccc([N+](=O)[O-])cc2)cc1C(=O)[O-].[Na+].[Na+]. The molecule has 0 amide bonds. The van der Waals surface area contributed by atoms with Gasteiger partial charge in [0.05, 0.1) is 16.9 Å². The Morgan fingerprint density at radius 1 is 0.783 bits per heavy atom. The Morgan fingerprint density at radius 3 is 1.70 bits per heavy atom. The van der Waals surface area contributed by atoms with Crippen molar-refractivity contribution in [2.75, 3.05) is 0 Å². The van der Waals surface area contributed by atoms with Gasteiger partial charge in [0, 0.05) is 23.3 Å². The summed E-state index contributed by atoms with van der Waals surface area (Å²) < 4.78 is 0. The van der Waals surface area contributed by atoms with E-state index in [2.05, 4.69) is 0 Å². The van der Waals surface area contributed by atoms with Gasteiger partial charge in [-0.1, -0.05) is 12.1 Å². The van der Waals surface area contributed by atoms with Gasteiger partial charge in [0.2, 0.25) is 0 Å². The van der Waals surface area contributed by atoms with Crippen molar-refractivity contribution in [2.24, 2.45) is 0 Å². The molecule has 0 saturated heterocycles. The number of rotatable bonds is 4. The largest absolute Gasteiger partial charge is 1.00 e. The van der Waals surface area contributed by atoms with Crippen LogP contribution in [0.1, 0.15) is 20.7 Å². The number of aromatic carboxylic acids is 2. The van der Waals surface area contributed by atoms with Gasteiger partial charge in [-0.2, -0.15) is 0 Å². The zero-order valence-electron chi connectivity index (χ0n) is 12.4. The molecule has 0 bridgehead atoms. The third-order valence-corrected chi connectivity index (χ3v) is 2.87. The van der Waals surface area contributed by atoms with Gasteiger partial charge >= 0.3 is 59.1 Å². The molecule has 23 heavy (non-hydrogen) atoms.